The summed E-state index contributed by atoms with van der Waals surface area (Å²) in [6, 6.07) is -0.0354. The van der Waals surface area contributed by atoms with Crippen molar-refractivity contribution in [2.45, 2.75) is 39.0 Å². The molecule has 1 N–H and O–H groups in total. The monoisotopic (exact) mass is 267 g/mol. The molecule has 1 saturated heterocycles. The molecule has 6 heteroatoms. The van der Waals surface area contributed by atoms with E-state index in [1.807, 2.05) is 20.0 Å². The lowest BCUT2D eigenvalue weighted by molar-refractivity contribution is -0.122. The van der Waals surface area contributed by atoms with Gasteiger partial charge in [-0.05, 0) is 19.4 Å². The van der Waals surface area contributed by atoms with Crippen LogP contribution in [0.3, 0.4) is 0 Å². The second kappa shape index (κ2) is 6.68. The number of hydrogen-bond donors (Lipinski definition) is 1. The standard InChI is InChI=1S/C13H21N3O3/c1-3-19-12-9-18-8-11(12)15-13(17)4-5-16-7-10(2)6-14-16/h6-7,11-12H,3-5,8-9H2,1-2H3,(H,15,17)/t11-,12-/m0/s1. The van der Waals surface area contributed by atoms with Crippen molar-refractivity contribution >= 4 is 5.91 Å². The summed E-state index contributed by atoms with van der Waals surface area (Å²) in [5.41, 5.74) is 1.10. The van der Waals surface area contributed by atoms with E-state index in [9.17, 15) is 4.79 Å². The van der Waals surface area contributed by atoms with Crippen LogP contribution < -0.4 is 5.32 Å². The van der Waals surface area contributed by atoms with E-state index in [0.717, 1.165) is 5.56 Å². The number of aromatic nitrogens is 2. The number of aryl methyl sites for hydroxylation is 2. The molecule has 2 atom stereocenters. The zero-order valence-electron chi connectivity index (χ0n) is 11.5. The van der Waals surface area contributed by atoms with Crippen LogP contribution in [0.5, 0.6) is 0 Å². The quantitative estimate of drug-likeness (QED) is 0.815. The Morgan fingerprint density at radius 3 is 3.16 bits per heavy atom. The third kappa shape index (κ3) is 4.04. The molecule has 0 radical (unpaired) electrons. The van der Waals surface area contributed by atoms with Crippen molar-refractivity contribution in [2.75, 3.05) is 19.8 Å². The van der Waals surface area contributed by atoms with Gasteiger partial charge in [-0.25, -0.2) is 0 Å². The van der Waals surface area contributed by atoms with E-state index in [1.165, 1.54) is 0 Å². The average molecular weight is 267 g/mol. The number of nitrogens with zero attached hydrogens (tertiary/aromatic N) is 2. The Morgan fingerprint density at radius 2 is 2.47 bits per heavy atom. The molecule has 0 aromatic carbocycles. The Kier molecular flexibility index (Phi) is 4.93. The van der Waals surface area contributed by atoms with Crippen molar-refractivity contribution in [3.63, 3.8) is 0 Å². The molecule has 19 heavy (non-hydrogen) atoms. The molecular formula is C13H21N3O3. The van der Waals surface area contributed by atoms with Crippen molar-refractivity contribution in [3.05, 3.63) is 18.0 Å². The van der Waals surface area contributed by atoms with E-state index < -0.39 is 0 Å². The lowest BCUT2D eigenvalue weighted by Crippen LogP contribution is -2.44. The van der Waals surface area contributed by atoms with Gasteiger partial charge in [0.2, 0.25) is 5.91 Å². The first-order valence-electron chi connectivity index (χ1n) is 6.66. The van der Waals surface area contributed by atoms with Crippen LogP contribution >= 0.6 is 0 Å². The van der Waals surface area contributed by atoms with Crippen LogP contribution in [0.15, 0.2) is 12.4 Å². The second-order valence-electron chi connectivity index (χ2n) is 4.74. The molecule has 0 saturated carbocycles. The number of carbonyl (C=O) groups is 1. The number of nitrogens with one attached hydrogen (secondary N) is 1. The maximum Gasteiger partial charge on any atom is 0.222 e. The third-order valence-corrected chi connectivity index (χ3v) is 3.09. The predicted molar refractivity (Wildman–Crippen MR) is 69.7 cm³/mol. The Morgan fingerprint density at radius 1 is 1.63 bits per heavy atom. The van der Waals surface area contributed by atoms with Gasteiger partial charge in [0.1, 0.15) is 6.10 Å². The molecule has 1 fully saturated rings. The summed E-state index contributed by atoms with van der Waals surface area (Å²) in [5, 5.41) is 7.11. The molecule has 0 bridgehead atoms. The topological polar surface area (TPSA) is 65.4 Å². The van der Waals surface area contributed by atoms with Gasteiger partial charge in [0.05, 0.1) is 25.5 Å². The molecule has 1 aromatic rings. The minimum atomic E-state index is -0.0354. The lowest BCUT2D eigenvalue weighted by atomic mass is 10.2. The van der Waals surface area contributed by atoms with E-state index in [-0.39, 0.29) is 18.1 Å². The molecule has 2 rings (SSSR count). The van der Waals surface area contributed by atoms with Gasteiger partial charge >= 0.3 is 0 Å². The third-order valence-electron chi connectivity index (χ3n) is 3.09. The molecule has 1 aliphatic heterocycles. The molecule has 2 heterocycles. The highest BCUT2D eigenvalue weighted by molar-refractivity contribution is 5.76. The zero-order chi connectivity index (χ0) is 13.7. The fraction of sp³-hybridized carbons (Fsp3) is 0.692. The zero-order valence-corrected chi connectivity index (χ0v) is 11.5. The van der Waals surface area contributed by atoms with E-state index >= 15 is 0 Å². The normalized spacial score (nSPS) is 22.6. The number of amides is 1. The second-order valence-corrected chi connectivity index (χ2v) is 4.74. The molecule has 106 valence electrons. The van der Waals surface area contributed by atoms with Crippen molar-refractivity contribution in [1.82, 2.24) is 15.1 Å². The molecule has 1 aromatic heterocycles. The summed E-state index contributed by atoms with van der Waals surface area (Å²) in [6.07, 6.45) is 4.10. The van der Waals surface area contributed by atoms with E-state index in [1.54, 1.807) is 10.9 Å². The van der Waals surface area contributed by atoms with Crippen LogP contribution in [0.1, 0.15) is 18.9 Å². The van der Waals surface area contributed by atoms with Crippen LogP contribution in [0.25, 0.3) is 0 Å². The number of rotatable bonds is 6. The number of carbonyl (C=O) groups excluding carboxylic acids is 1. The van der Waals surface area contributed by atoms with Crippen molar-refractivity contribution in [1.29, 1.82) is 0 Å². The Labute approximate surface area is 113 Å². The Bertz CT molecular complexity index is 419. The van der Waals surface area contributed by atoms with Crippen molar-refractivity contribution in [3.8, 4) is 0 Å². The Hall–Kier alpha value is -1.40. The average Bonchev–Trinajstić information content (AvgIpc) is 2.97. The van der Waals surface area contributed by atoms with Crippen molar-refractivity contribution in [2.24, 2.45) is 0 Å². The summed E-state index contributed by atoms with van der Waals surface area (Å²) in [4.78, 5) is 11.9. The molecule has 6 nitrogen and oxygen atoms in total. The van der Waals surface area contributed by atoms with Crippen LogP contribution in [0.4, 0.5) is 0 Å². The van der Waals surface area contributed by atoms with E-state index in [2.05, 4.69) is 10.4 Å². The van der Waals surface area contributed by atoms with Crippen LogP contribution in [0.2, 0.25) is 0 Å². The van der Waals surface area contributed by atoms with Gasteiger partial charge in [-0.15, -0.1) is 0 Å². The van der Waals surface area contributed by atoms with E-state index in [4.69, 9.17) is 9.47 Å². The summed E-state index contributed by atoms with van der Waals surface area (Å²) in [6.45, 7) is 6.22. The Balaban J connectivity index is 1.74. The fourth-order valence-electron chi connectivity index (χ4n) is 2.13. The summed E-state index contributed by atoms with van der Waals surface area (Å²) >= 11 is 0. The minimum Gasteiger partial charge on any atom is -0.376 e. The van der Waals surface area contributed by atoms with Gasteiger partial charge in [0.25, 0.3) is 0 Å². The molecule has 0 aliphatic carbocycles. The smallest absolute Gasteiger partial charge is 0.222 e. The van der Waals surface area contributed by atoms with Gasteiger partial charge < -0.3 is 14.8 Å². The molecule has 0 unspecified atom stereocenters. The molecular weight excluding hydrogens is 246 g/mol. The highest BCUT2D eigenvalue weighted by atomic mass is 16.5. The largest absolute Gasteiger partial charge is 0.376 e. The van der Waals surface area contributed by atoms with Gasteiger partial charge in [-0.1, -0.05) is 0 Å². The first-order chi connectivity index (χ1) is 9.19. The van der Waals surface area contributed by atoms with Crippen LogP contribution in [-0.2, 0) is 20.8 Å². The maximum absolute atomic E-state index is 11.9. The van der Waals surface area contributed by atoms with Crippen LogP contribution in [0, 0.1) is 6.92 Å². The number of hydrogen-bond acceptors (Lipinski definition) is 4. The molecule has 0 spiro atoms. The summed E-state index contributed by atoms with van der Waals surface area (Å²) in [7, 11) is 0. The van der Waals surface area contributed by atoms with Gasteiger partial charge in [0, 0.05) is 25.8 Å². The van der Waals surface area contributed by atoms with E-state index in [0.29, 0.717) is 32.8 Å². The number of ether oxygens (including phenoxy) is 2. The first-order valence-corrected chi connectivity index (χ1v) is 6.66. The molecule has 1 amide bonds. The summed E-state index contributed by atoms with van der Waals surface area (Å²) in [5.74, 6) is 0.00774. The van der Waals surface area contributed by atoms with Gasteiger partial charge in [-0.2, -0.15) is 5.10 Å². The SMILES string of the molecule is CCO[C@H]1COC[C@@H]1NC(=O)CCn1cc(C)cn1. The molecule has 1 aliphatic rings. The lowest BCUT2D eigenvalue weighted by Gasteiger charge is -2.18. The highest BCUT2D eigenvalue weighted by Crippen LogP contribution is 2.10. The minimum absolute atomic E-state index is 0.00774. The maximum atomic E-state index is 11.9. The summed E-state index contributed by atoms with van der Waals surface area (Å²) < 4.78 is 12.6. The first kappa shape index (κ1) is 14.0. The predicted octanol–water partition coefficient (Wildman–Crippen LogP) is 0.502. The van der Waals surface area contributed by atoms with Gasteiger partial charge in [0.15, 0.2) is 0 Å². The fourth-order valence-corrected chi connectivity index (χ4v) is 2.13. The highest BCUT2D eigenvalue weighted by Gasteiger charge is 2.29. The van der Waals surface area contributed by atoms with Gasteiger partial charge in [-0.3, -0.25) is 9.48 Å². The van der Waals surface area contributed by atoms with Crippen LogP contribution in [-0.4, -0.2) is 47.7 Å². The van der Waals surface area contributed by atoms with Crippen molar-refractivity contribution < 1.29 is 14.3 Å².